The Kier molecular flexibility index (Phi) is 3.13. The van der Waals surface area contributed by atoms with Crippen LogP contribution in [0, 0.1) is 5.41 Å². The predicted molar refractivity (Wildman–Crippen MR) is 50.6 cm³/mol. The van der Waals surface area contributed by atoms with Gasteiger partial charge in [-0.2, -0.15) is 0 Å². The average Bonchev–Trinajstić information content (AvgIpc) is 2.45. The van der Waals surface area contributed by atoms with Crippen molar-refractivity contribution in [3.63, 3.8) is 0 Å². The number of carbonyl (C=O) groups is 1. The Morgan fingerprint density at radius 1 is 1.17 bits per heavy atom. The van der Waals surface area contributed by atoms with Crippen LogP contribution in [0.4, 0.5) is 0 Å². The van der Waals surface area contributed by atoms with Gasteiger partial charge in [0.2, 0.25) is 0 Å². The zero-order valence-corrected chi connectivity index (χ0v) is 8.08. The van der Waals surface area contributed by atoms with Crippen molar-refractivity contribution < 1.29 is 4.79 Å². The van der Waals surface area contributed by atoms with E-state index in [1.54, 1.807) is 0 Å². The molecule has 2 rings (SSSR count). The average molecular weight is 190 g/mol. The van der Waals surface area contributed by atoms with Gasteiger partial charge in [0.05, 0.1) is 0 Å². The number of hydrogen-bond donors (Lipinski definition) is 1. The van der Waals surface area contributed by atoms with Gasteiger partial charge in [0.1, 0.15) is 5.78 Å². The van der Waals surface area contributed by atoms with Crippen molar-refractivity contribution in [1.82, 2.24) is 5.32 Å². The van der Waals surface area contributed by atoms with E-state index in [9.17, 15) is 4.79 Å². The minimum Gasteiger partial charge on any atom is -0.316 e. The summed E-state index contributed by atoms with van der Waals surface area (Å²) in [4.78, 5) is 11.0. The first-order valence-corrected chi connectivity index (χ1v) is 4.53. The topological polar surface area (TPSA) is 29.1 Å². The molecule has 0 unspecified atom stereocenters. The minimum atomic E-state index is 0. The Labute approximate surface area is 79.5 Å². The predicted octanol–water partition coefficient (Wildman–Crippen LogP) is 1.53. The molecule has 1 saturated carbocycles. The minimum absolute atomic E-state index is 0. The van der Waals surface area contributed by atoms with Crippen molar-refractivity contribution >= 4 is 18.2 Å². The third-order valence-electron chi connectivity index (χ3n) is 3.20. The molecule has 1 aliphatic carbocycles. The van der Waals surface area contributed by atoms with E-state index < -0.39 is 0 Å². The second-order valence-corrected chi connectivity index (χ2v) is 3.97. The Hall–Kier alpha value is -0.0800. The summed E-state index contributed by atoms with van der Waals surface area (Å²) in [6.07, 6.45) is 5.24. The van der Waals surface area contributed by atoms with E-state index in [0.717, 1.165) is 38.8 Å². The first kappa shape index (κ1) is 10.0. The van der Waals surface area contributed by atoms with Crippen LogP contribution >= 0.6 is 12.4 Å². The summed E-state index contributed by atoms with van der Waals surface area (Å²) in [6, 6.07) is 0. The van der Waals surface area contributed by atoms with Crippen LogP contribution in [0.3, 0.4) is 0 Å². The van der Waals surface area contributed by atoms with Gasteiger partial charge in [0, 0.05) is 19.4 Å². The maximum absolute atomic E-state index is 11.0. The SMILES string of the molecule is Cl.O=C1CCC2(CCNC2)CC1. The summed E-state index contributed by atoms with van der Waals surface area (Å²) in [5.74, 6) is 0.475. The zero-order valence-electron chi connectivity index (χ0n) is 7.27. The summed E-state index contributed by atoms with van der Waals surface area (Å²) in [6.45, 7) is 2.31. The van der Waals surface area contributed by atoms with Gasteiger partial charge in [0.25, 0.3) is 0 Å². The Morgan fingerprint density at radius 2 is 1.83 bits per heavy atom. The number of halogens is 1. The molecule has 1 N–H and O–H groups in total. The van der Waals surface area contributed by atoms with E-state index in [2.05, 4.69) is 5.32 Å². The second kappa shape index (κ2) is 3.75. The summed E-state index contributed by atoms with van der Waals surface area (Å²) >= 11 is 0. The van der Waals surface area contributed by atoms with Gasteiger partial charge in [-0.3, -0.25) is 4.79 Å². The van der Waals surface area contributed by atoms with E-state index in [1.807, 2.05) is 0 Å². The highest BCUT2D eigenvalue weighted by Gasteiger charge is 2.36. The van der Waals surface area contributed by atoms with Gasteiger partial charge in [-0.1, -0.05) is 0 Å². The molecule has 2 fully saturated rings. The van der Waals surface area contributed by atoms with Gasteiger partial charge in [0.15, 0.2) is 0 Å². The lowest BCUT2D eigenvalue weighted by atomic mass is 9.73. The second-order valence-electron chi connectivity index (χ2n) is 3.97. The van der Waals surface area contributed by atoms with Crippen molar-refractivity contribution in [2.45, 2.75) is 32.1 Å². The molecule has 2 nitrogen and oxygen atoms in total. The van der Waals surface area contributed by atoms with Gasteiger partial charge >= 0.3 is 0 Å². The molecular weight excluding hydrogens is 174 g/mol. The normalized spacial score (nSPS) is 27.2. The van der Waals surface area contributed by atoms with Crippen LogP contribution in [-0.4, -0.2) is 18.9 Å². The highest BCUT2D eigenvalue weighted by molar-refractivity contribution is 5.85. The smallest absolute Gasteiger partial charge is 0.132 e. The molecular formula is C9H16ClNO. The zero-order chi connectivity index (χ0) is 7.73. The number of hydrogen-bond acceptors (Lipinski definition) is 2. The van der Waals surface area contributed by atoms with Crippen LogP contribution in [0.15, 0.2) is 0 Å². The lowest BCUT2D eigenvalue weighted by Gasteiger charge is -2.31. The molecule has 0 bridgehead atoms. The molecule has 0 aromatic heterocycles. The van der Waals surface area contributed by atoms with Gasteiger partial charge in [-0.25, -0.2) is 0 Å². The van der Waals surface area contributed by atoms with Crippen LogP contribution in [-0.2, 0) is 4.79 Å². The van der Waals surface area contributed by atoms with Crippen molar-refractivity contribution in [2.75, 3.05) is 13.1 Å². The Balaban J connectivity index is 0.000000720. The van der Waals surface area contributed by atoms with Crippen LogP contribution in [0.5, 0.6) is 0 Å². The highest BCUT2D eigenvalue weighted by atomic mass is 35.5. The maximum Gasteiger partial charge on any atom is 0.132 e. The van der Waals surface area contributed by atoms with Crippen molar-refractivity contribution in [3.8, 4) is 0 Å². The molecule has 70 valence electrons. The largest absolute Gasteiger partial charge is 0.316 e. The highest BCUT2D eigenvalue weighted by Crippen LogP contribution is 2.39. The lowest BCUT2D eigenvalue weighted by molar-refractivity contribution is -0.122. The standard InChI is InChI=1S/C9H15NO.ClH/c11-8-1-3-9(4-2-8)5-6-10-7-9;/h10H,1-7H2;1H. The molecule has 3 heteroatoms. The van der Waals surface area contributed by atoms with Crippen molar-refractivity contribution in [2.24, 2.45) is 5.41 Å². The fraction of sp³-hybridized carbons (Fsp3) is 0.889. The number of rotatable bonds is 0. The molecule has 1 saturated heterocycles. The van der Waals surface area contributed by atoms with Gasteiger partial charge < -0.3 is 5.32 Å². The molecule has 0 radical (unpaired) electrons. The monoisotopic (exact) mass is 189 g/mol. The van der Waals surface area contributed by atoms with E-state index in [4.69, 9.17) is 0 Å². The summed E-state index contributed by atoms with van der Waals surface area (Å²) in [5, 5.41) is 3.39. The summed E-state index contributed by atoms with van der Waals surface area (Å²) < 4.78 is 0. The van der Waals surface area contributed by atoms with Crippen molar-refractivity contribution in [3.05, 3.63) is 0 Å². The quantitative estimate of drug-likeness (QED) is 0.626. The van der Waals surface area contributed by atoms with Gasteiger partial charge in [-0.05, 0) is 31.2 Å². The molecule has 2 aliphatic rings. The number of ketones is 1. The van der Waals surface area contributed by atoms with E-state index >= 15 is 0 Å². The van der Waals surface area contributed by atoms with Gasteiger partial charge in [-0.15, -0.1) is 12.4 Å². The lowest BCUT2D eigenvalue weighted by Crippen LogP contribution is -2.29. The van der Waals surface area contributed by atoms with E-state index in [-0.39, 0.29) is 12.4 Å². The molecule has 0 atom stereocenters. The number of nitrogens with one attached hydrogen (secondary N) is 1. The first-order valence-electron chi connectivity index (χ1n) is 4.53. The van der Waals surface area contributed by atoms with Crippen molar-refractivity contribution in [1.29, 1.82) is 0 Å². The van der Waals surface area contributed by atoms with Crippen LogP contribution in [0.25, 0.3) is 0 Å². The Morgan fingerprint density at radius 3 is 2.33 bits per heavy atom. The third-order valence-corrected chi connectivity index (χ3v) is 3.20. The molecule has 0 aromatic carbocycles. The fourth-order valence-corrected chi connectivity index (χ4v) is 2.28. The van der Waals surface area contributed by atoms with Crippen LogP contribution in [0.1, 0.15) is 32.1 Å². The third kappa shape index (κ3) is 1.80. The first-order chi connectivity index (χ1) is 5.31. The van der Waals surface area contributed by atoms with E-state index in [0.29, 0.717) is 11.2 Å². The van der Waals surface area contributed by atoms with Crippen LogP contribution in [0.2, 0.25) is 0 Å². The summed E-state index contributed by atoms with van der Waals surface area (Å²) in [5.41, 5.74) is 0.522. The molecule has 1 aliphatic heterocycles. The molecule has 12 heavy (non-hydrogen) atoms. The Bertz CT molecular complexity index is 163. The van der Waals surface area contributed by atoms with E-state index in [1.165, 1.54) is 6.42 Å². The molecule has 0 aromatic rings. The van der Waals surface area contributed by atoms with Crippen LogP contribution < -0.4 is 5.32 Å². The summed E-state index contributed by atoms with van der Waals surface area (Å²) in [7, 11) is 0. The molecule has 1 spiro atoms. The maximum atomic E-state index is 11.0. The number of Topliss-reactive ketones (excluding diaryl/α,β-unsaturated/α-hetero) is 1. The number of carbonyl (C=O) groups excluding carboxylic acids is 1. The fourth-order valence-electron chi connectivity index (χ4n) is 2.28. The molecule has 1 heterocycles. The molecule has 0 amide bonds.